The first-order chi connectivity index (χ1) is 18.0. The predicted molar refractivity (Wildman–Crippen MR) is 144 cm³/mol. The number of benzene rings is 2. The van der Waals surface area contributed by atoms with Crippen LogP contribution in [0.3, 0.4) is 0 Å². The maximum atomic E-state index is 13.0. The van der Waals surface area contributed by atoms with E-state index in [-0.39, 0.29) is 13.1 Å². The van der Waals surface area contributed by atoms with E-state index in [1.807, 2.05) is 48.5 Å². The van der Waals surface area contributed by atoms with Crippen molar-refractivity contribution in [2.45, 2.75) is 20.4 Å². The molecule has 0 saturated carbocycles. The zero-order chi connectivity index (χ0) is 26.4. The zero-order valence-corrected chi connectivity index (χ0v) is 20.5. The third-order valence-corrected chi connectivity index (χ3v) is 5.88. The molecule has 2 aromatic carbocycles. The van der Waals surface area contributed by atoms with Gasteiger partial charge in [-0.15, -0.1) is 0 Å². The van der Waals surface area contributed by atoms with E-state index in [9.17, 15) is 19.2 Å². The first-order valence-electron chi connectivity index (χ1n) is 11.9. The van der Waals surface area contributed by atoms with Gasteiger partial charge in [0.05, 0.1) is 22.5 Å². The molecule has 8 heteroatoms. The number of hydrogen-bond acceptors (Lipinski definition) is 4. The Morgan fingerprint density at radius 2 is 1.46 bits per heavy atom. The Morgan fingerprint density at radius 3 is 2.08 bits per heavy atom. The van der Waals surface area contributed by atoms with Crippen LogP contribution in [0.1, 0.15) is 25.0 Å². The van der Waals surface area contributed by atoms with Crippen molar-refractivity contribution < 1.29 is 9.59 Å². The number of urea groups is 1. The molecule has 0 atom stereocenters. The largest absolute Gasteiger partial charge is 0.351 e. The van der Waals surface area contributed by atoms with Gasteiger partial charge in [0.15, 0.2) is 0 Å². The second-order valence-electron chi connectivity index (χ2n) is 8.12. The van der Waals surface area contributed by atoms with Gasteiger partial charge < -0.3 is 4.98 Å². The lowest BCUT2D eigenvalue weighted by molar-refractivity contribution is -0.123. The minimum atomic E-state index is -0.592. The van der Waals surface area contributed by atoms with Crippen LogP contribution in [0.25, 0.3) is 17.3 Å². The molecule has 1 aliphatic rings. The summed E-state index contributed by atoms with van der Waals surface area (Å²) in [6, 6.07) is 17.6. The number of carbonyl (C=O) groups is 2. The van der Waals surface area contributed by atoms with Gasteiger partial charge in [0, 0.05) is 18.7 Å². The van der Waals surface area contributed by atoms with Crippen LogP contribution in [0.5, 0.6) is 0 Å². The van der Waals surface area contributed by atoms with Crippen molar-refractivity contribution in [3.05, 3.63) is 123 Å². The minimum absolute atomic E-state index is 0.211. The smallest absolute Gasteiger partial charge is 0.306 e. The van der Waals surface area contributed by atoms with Crippen LogP contribution in [-0.2, 0) is 11.3 Å². The van der Waals surface area contributed by atoms with Gasteiger partial charge in [0.25, 0.3) is 11.5 Å². The molecule has 0 radical (unpaired) electrons. The number of H-pyrrole nitrogens is 1. The number of hydrogen-bond donors (Lipinski definition) is 1. The molecule has 0 unspecified atom stereocenters. The van der Waals surface area contributed by atoms with Crippen molar-refractivity contribution >= 4 is 23.7 Å². The minimum Gasteiger partial charge on any atom is -0.306 e. The lowest BCUT2D eigenvalue weighted by Gasteiger charge is -2.24. The number of aromatic amines is 1. The third-order valence-electron chi connectivity index (χ3n) is 5.88. The van der Waals surface area contributed by atoms with E-state index in [1.54, 1.807) is 56.4 Å². The number of nitrogens with zero attached hydrogens (tertiary/aromatic N) is 3. The number of aliphatic imine (C=N–C) groups is 1. The maximum Gasteiger partial charge on any atom is 0.351 e. The van der Waals surface area contributed by atoms with Crippen LogP contribution in [0.15, 0.2) is 105 Å². The van der Waals surface area contributed by atoms with Gasteiger partial charge in [-0.05, 0) is 31.6 Å². The molecule has 1 N–H and O–H groups in total. The second-order valence-corrected chi connectivity index (χ2v) is 8.12. The van der Waals surface area contributed by atoms with E-state index < -0.39 is 23.2 Å². The normalized spacial score (nSPS) is 15.2. The summed E-state index contributed by atoms with van der Waals surface area (Å²) < 4.78 is 1.14. The van der Waals surface area contributed by atoms with E-state index in [1.165, 1.54) is 0 Å². The van der Waals surface area contributed by atoms with E-state index in [2.05, 4.69) is 9.98 Å². The van der Waals surface area contributed by atoms with Crippen LogP contribution >= 0.6 is 0 Å². The van der Waals surface area contributed by atoms with Crippen molar-refractivity contribution in [2.75, 3.05) is 6.54 Å². The molecule has 4 rings (SSSR count). The Hall–Kier alpha value is -4.85. The number of carbonyl (C=O) groups excluding carboxylic acids is 2. The third kappa shape index (κ3) is 5.23. The molecular formula is C29H26N4O4. The molecule has 186 valence electrons. The average molecular weight is 495 g/mol. The quantitative estimate of drug-likeness (QED) is 0.393. The molecule has 0 aliphatic carbocycles. The fourth-order valence-electron chi connectivity index (χ4n) is 4.02. The molecule has 8 nitrogen and oxygen atoms in total. The molecule has 2 heterocycles. The van der Waals surface area contributed by atoms with E-state index in [4.69, 9.17) is 0 Å². The van der Waals surface area contributed by atoms with Gasteiger partial charge >= 0.3 is 11.7 Å². The fraction of sp³-hybridized carbons (Fsp3) is 0.138. The van der Waals surface area contributed by atoms with Crippen molar-refractivity contribution in [1.82, 2.24) is 14.5 Å². The summed E-state index contributed by atoms with van der Waals surface area (Å²) in [4.78, 5) is 58.9. The Kier molecular flexibility index (Phi) is 7.68. The second kappa shape index (κ2) is 11.3. The van der Waals surface area contributed by atoms with Crippen molar-refractivity contribution in [2.24, 2.45) is 4.99 Å². The highest BCUT2D eigenvalue weighted by Gasteiger charge is 2.31. The Morgan fingerprint density at radius 1 is 0.811 bits per heavy atom. The molecule has 37 heavy (non-hydrogen) atoms. The number of allylic oxidation sites excluding steroid dienone is 4. The highest BCUT2D eigenvalue weighted by molar-refractivity contribution is 6.34. The van der Waals surface area contributed by atoms with Crippen LogP contribution in [0.4, 0.5) is 4.79 Å². The fourth-order valence-corrected chi connectivity index (χ4v) is 4.02. The monoisotopic (exact) mass is 494 g/mol. The summed E-state index contributed by atoms with van der Waals surface area (Å²) in [5.41, 5.74) is 1.89. The average Bonchev–Trinajstić information content (AvgIpc) is 2.91. The van der Waals surface area contributed by atoms with Crippen molar-refractivity contribution in [3.8, 4) is 11.3 Å². The Labute approximate surface area is 213 Å². The van der Waals surface area contributed by atoms with Gasteiger partial charge in [-0.3, -0.25) is 19.1 Å². The molecule has 1 aliphatic heterocycles. The number of imide groups is 1. The number of rotatable bonds is 7. The van der Waals surface area contributed by atoms with Crippen LogP contribution in [0, 0.1) is 0 Å². The van der Waals surface area contributed by atoms with Crippen LogP contribution < -0.4 is 11.2 Å². The van der Waals surface area contributed by atoms with E-state index >= 15 is 0 Å². The zero-order valence-electron chi connectivity index (χ0n) is 20.5. The van der Waals surface area contributed by atoms with Crippen molar-refractivity contribution in [1.29, 1.82) is 0 Å². The van der Waals surface area contributed by atoms with Gasteiger partial charge in [-0.1, -0.05) is 78.9 Å². The molecule has 0 fully saturated rings. The summed E-state index contributed by atoms with van der Waals surface area (Å²) in [5, 5.41) is 0. The highest BCUT2D eigenvalue weighted by atomic mass is 16.2. The highest BCUT2D eigenvalue weighted by Crippen LogP contribution is 2.20. The number of likely N-dealkylation sites (N-methyl/N-ethyl adjacent to an activating group) is 1. The molecule has 3 aromatic rings. The number of nitrogens with one attached hydrogen (secondary N) is 1. The number of amides is 3. The standard InChI is InChI=1S/C29H26N4O4/c1-3-32-26(34)22(24(30-28(32)36)20-14-8-5-9-15-20)18-12-7-13-19-23-25(21-16-10-6-11-17-21)31-29(37)33(4-2)27(23)35/h5-19H,3-4H2,1-2H3,(H,30,36)/b13-7?,18-12?,23-19-. The van der Waals surface area contributed by atoms with Gasteiger partial charge in [-0.25, -0.2) is 9.59 Å². The predicted octanol–water partition coefficient (Wildman–Crippen LogP) is 4.19. The first kappa shape index (κ1) is 25.2. The van der Waals surface area contributed by atoms with Gasteiger partial charge in [0.2, 0.25) is 0 Å². The maximum absolute atomic E-state index is 13.0. The summed E-state index contributed by atoms with van der Waals surface area (Å²) in [6.07, 6.45) is 8.21. The van der Waals surface area contributed by atoms with Crippen LogP contribution in [0.2, 0.25) is 0 Å². The summed E-state index contributed by atoms with van der Waals surface area (Å²) >= 11 is 0. The number of aromatic nitrogens is 2. The van der Waals surface area contributed by atoms with E-state index in [0.717, 1.165) is 9.47 Å². The summed E-state index contributed by atoms with van der Waals surface area (Å²) in [7, 11) is 0. The van der Waals surface area contributed by atoms with E-state index in [0.29, 0.717) is 33.7 Å². The molecule has 0 saturated heterocycles. The first-order valence-corrected chi connectivity index (χ1v) is 11.9. The molecule has 0 bridgehead atoms. The SMILES string of the molecule is CCN1C(=O)N=C(c2ccccc2)/C(=C/C=CC=Cc2c(-c3ccccc3)[nH]c(=O)n(CC)c2=O)C1=O. The van der Waals surface area contributed by atoms with Gasteiger partial charge in [0.1, 0.15) is 0 Å². The van der Waals surface area contributed by atoms with Gasteiger partial charge in [-0.2, -0.15) is 4.99 Å². The Balaban J connectivity index is 1.71. The lowest BCUT2D eigenvalue weighted by Crippen LogP contribution is -2.42. The van der Waals surface area contributed by atoms with Crippen molar-refractivity contribution in [3.63, 3.8) is 0 Å². The topological polar surface area (TPSA) is 105 Å². The summed E-state index contributed by atoms with van der Waals surface area (Å²) in [6.45, 7) is 3.90. The Bertz CT molecular complexity index is 1560. The molecule has 3 amide bonds. The van der Waals surface area contributed by atoms with Crippen LogP contribution in [-0.4, -0.2) is 38.6 Å². The molecular weight excluding hydrogens is 468 g/mol. The molecule has 1 aromatic heterocycles. The summed E-state index contributed by atoms with van der Waals surface area (Å²) in [5.74, 6) is -0.423. The molecule has 0 spiro atoms. The lowest BCUT2D eigenvalue weighted by atomic mass is 9.99.